The first-order valence-corrected chi connectivity index (χ1v) is 12.8. The largest absolute Gasteiger partial charge is 0.372 e. The van der Waals surface area contributed by atoms with E-state index in [-0.39, 0.29) is 5.91 Å². The van der Waals surface area contributed by atoms with Crippen LogP contribution in [0.25, 0.3) is 27.1 Å². The summed E-state index contributed by atoms with van der Waals surface area (Å²) in [5.41, 5.74) is 13.8. The van der Waals surface area contributed by atoms with Crippen LogP contribution in [0, 0.1) is 6.92 Å². The molecule has 0 unspecified atom stereocenters. The molecule has 6 heterocycles. The number of primary amides is 1. The maximum absolute atomic E-state index is 11.3. The van der Waals surface area contributed by atoms with Crippen LogP contribution in [0.5, 0.6) is 0 Å². The number of aromatic amines is 1. The van der Waals surface area contributed by atoms with E-state index in [1.807, 2.05) is 15.9 Å². The number of rotatable bonds is 5. The Hall–Kier alpha value is -2.75. The van der Waals surface area contributed by atoms with Crippen LogP contribution < -0.4 is 5.73 Å². The number of nitrogens with zero attached hydrogens (tertiary/aromatic N) is 4. The molecule has 1 amide bonds. The molecule has 0 saturated carbocycles. The van der Waals surface area contributed by atoms with E-state index in [4.69, 9.17) is 10.5 Å². The lowest BCUT2D eigenvalue weighted by Crippen LogP contribution is -2.39. The zero-order valence-corrected chi connectivity index (χ0v) is 20.7. The van der Waals surface area contributed by atoms with Gasteiger partial charge in [0.05, 0.1) is 25.5 Å². The third-order valence-electron chi connectivity index (χ3n) is 7.42. The van der Waals surface area contributed by atoms with Gasteiger partial charge < -0.3 is 15.5 Å². The van der Waals surface area contributed by atoms with E-state index in [0.29, 0.717) is 31.6 Å². The van der Waals surface area contributed by atoms with Gasteiger partial charge in [-0.15, -0.1) is 11.3 Å². The van der Waals surface area contributed by atoms with Crippen molar-refractivity contribution in [2.45, 2.75) is 58.7 Å². The van der Waals surface area contributed by atoms with Gasteiger partial charge in [-0.1, -0.05) is 13.8 Å². The highest BCUT2D eigenvalue weighted by Crippen LogP contribution is 2.47. The Morgan fingerprint density at radius 1 is 1.29 bits per heavy atom. The first kappa shape index (κ1) is 21.8. The van der Waals surface area contributed by atoms with Crippen molar-refractivity contribution in [3.63, 3.8) is 0 Å². The van der Waals surface area contributed by atoms with E-state index >= 15 is 0 Å². The molecule has 34 heavy (non-hydrogen) atoms. The van der Waals surface area contributed by atoms with Crippen LogP contribution in [-0.2, 0) is 22.7 Å². The summed E-state index contributed by atoms with van der Waals surface area (Å²) in [4.78, 5) is 24.5. The Balaban J connectivity index is 1.43. The number of carbonyl (C=O) groups excluding carboxylic acids is 1. The zero-order chi connectivity index (χ0) is 23.6. The molecule has 0 radical (unpaired) electrons. The van der Waals surface area contributed by atoms with Crippen LogP contribution in [0.4, 0.5) is 0 Å². The number of likely N-dealkylation sites (tertiary alicyclic amines) is 1. The smallest absolute Gasteiger partial charge is 0.231 e. The average Bonchev–Trinajstić information content (AvgIpc) is 3.57. The number of hydrogen-bond acceptors (Lipinski definition) is 6. The van der Waals surface area contributed by atoms with Gasteiger partial charge in [0.15, 0.2) is 5.65 Å². The van der Waals surface area contributed by atoms with Crippen LogP contribution >= 0.6 is 11.3 Å². The lowest BCUT2D eigenvalue weighted by molar-refractivity contribution is -0.119. The maximum Gasteiger partial charge on any atom is 0.231 e. The van der Waals surface area contributed by atoms with Gasteiger partial charge in [0.1, 0.15) is 11.2 Å². The van der Waals surface area contributed by atoms with Crippen LogP contribution in [0.3, 0.4) is 0 Å². The number of fused-ring (bicyclic) bond motifs is 4. The maximum atomic E-state index is 11.3. The highest BCUT2D eigenvalue weighted by atomic mass is 32.1. The minimum Gasteiger partial charge on any atom is -0.372 e. The Kier molecular flexibility index (Phi) is 5.24. The summed E-state index contributed by atoms with van der Waals surface area (Å²) in [6.45, 7) is 10.2. The number of aromatic nitrogens is 4. The van der Waals surface area contributed by atoms with Gasteiger partial charge in [-0.2, -0.15) is 5.10 Å². The van der Waals surface area contributed by atoms with Gasteiger partial charge in [0.25, 0.3) is 0 Å². The Morgan fingerprint density at radius 2 is 2.06 bits per heavy atom. The first-order chi connectivity index (χ1) is 16.4. The lowest BCUT2D eigenvalue weighted by Gasteiger charge is -2.31. The summed E-state index contributed by atoms with van der Waals surface area (Å²) in [5, 5.41) is 5.79. The summed E-state index contributed by atoms with van der Waals surface area (Å²) in [5.74, 6) is 0.656. The molecule has 4 aromatic rings. The number of hydrogen-bond donors (Lipinski definition) is 2. The number of H-pyrrole nitrogens is 1. The van der Waals surface area contributed by atoms with Crippen molar-refractivity contribution in [2.24, 2.45) is 5.73 Å². The van der Waals surface area contributed by atoms with Gasteiger partial charge in [-0.3, -0.25) is 9.69 Å². The second-order valence-corrected chi connectivity index (χ2v) is 11.0. The minimum atomic E-state index is -0.242. The quantitative estimate of drug-likeness (QED) is 0.450. The first-order valence-electron chi connectivity index (χ1n) is 12.0. The molecule has 0 aromatic carbocycles. The number of aryl methyl sites for hydroxylation is 1. The van der Waals surface area contributed by atoms with Crippen LogP contribution in [0.2, 0.25) is 0 Å². The van der Waals surface area contributed by atoms with E-state index in [9.17, 15) is 4.79 Å². The van der Waals surface area contributed by atoms with Crippen molar-refractivity contribution < 1.29 is 9.53 Å². The molecule has 1 fully saturated rings. The van der Waals surface area contributed by atoms with Gasteiger partial charge in [-0.05, 0) is 61.4 Å². The van der Waals surface area contributed by atoms with Crippen LogP contribution in [0.15, 0.2) is 12.5 Å². The number of piperidine rings is 1. The Labute approximate surface area is 202 Å². The molecule has 9 heteroatoms. The number of pyridine rings is 1. The van der Waals surface area contributed by atoms with Crippen molar-refractivity contribution >= 4 is 33.1 Å². The summed E-state index contributed by atoms with van der Waals surface area (Å²) in [7, 11) is 0. The van der Waals surface area contributed by atoms with Crippen molar-refractivity contribution in [1.82, 2.24) is 24.5 Å². The van der Waals surface area contributed by atoms with Crippen molar-refractivity contribution in [3.05, 3.63) is 39.7 Å². The summed E-state index contributed by atoms with van der Waals surface area (Å²) in [6, 6.07) is 0. The predicted molar refractivity (Wildman–Crippen MR) is 133 cm³/mol. The monoisotopic (exact) mass is 478 g/mol. The predicted octanol–water partition coefficient (Wildman–Crippen LogP) is 4.07. The standard InChI is InChI=1S/C25H30N6O2S/c1-13(2)20-21-14(3)23(15-4-6-30(7-5-15)9-19(26)32)34-25(21)29-22(20)16-8-31-24(27-12-28-31)18-11-33-10-17(16)18/h8,12-13,15,29H,4-7,9-11H2,1-3H3,(H2,26,32). The number of amides is 1. The molecule has 1 saturated heterocycles. The molecule has 0 bridgehead atoms. The average molecular weight is 479 g/mol. The van der Waals surface area contributed by atoms with Gasteiger partial charge in [0.2, 0.25) is 5.91 Å². The van der Waals surface area contributed by atoms with E-state index < -0.39 is 0 Å². The topological polar surface area (TPSA) is 102 Å². The molecule has 2 aliphatic rings. The Morgan fingerprint density at radius 3 is 2.79 bits per heavy atom. The van der Waals surface area contributed by atoms with E-state index in [0.717, 1.165) is 37.1 Å². The van der Waals surface area contributed by atoms with E-state index in [1.165, 1.54) is 43.0 Å². The highest BCUT2D eigenvalue weighted by molar-refractivity contribution is 7.19. The highest BCUT2D eigenvalue weighted by Gasteiger charge is 2.30. The van der Waals surface area contributed by atoms with Crippen molar-refractivity contribution in [1.29, 1.82) is 0 Å². The van der Waals surface area contributed by atoms with Gasteiger partial charge in [-0.25, -0.2) is 9.50 Å². The number of nitrogens with one attached hydrogen (secondary N) is 1. The van der Waals surface area contributed by atoms with Gasteiger partial charge in [0, 0.05) is 27.6 Å². The second-order valence-electron chi connectivity index (χ2n) is 9.90. The Bertz CT molecular complexity index is 1410. The fourth-order valence-corrected chi connectivity index (χ4v) is 7.24. The molecule has 3 N–H and O–H groups in total. The summed E-state index contributed by atoms with van der Waals surface area (Å²) in [6.07, 6.45) is 5.84. The molecule has 0 atom stereocenters. The summed E-state index contributed by atoms with van der Waals surface area (Å²) < 4.78 is 7.72. The molecular formula is C25H30N6O2S. The molecule has 178 valence electrons. The fourth-order valence-electron chi connectivity index (χ4n) is 5.85. The molecular weight excluding hydrogens is 448 g/mol. The molecule has 2 aliphatic heterocycles. The van der Waals surface area contributed by atoms with Crippen molar-refractivity contribution in [3.8, 4) is 11.3 Å². The molecule has 0 spiro atoms. The number of nitrogens with two attached hydrogens (primary N) is 1. The van der Waals surface area contributed by atoms with E-state index in [1.54, 1.807) is 6.33 Å². The van der Waals surface area contributed by atoms with Crippen LogP contribution in [0.1, 0.15) is 65.7 Å². The van der Waals surface area contributed by atoms with Crippen LogP contribution in [-0.4, -0.2) is 50.0 Å². The fraction of sp³-hybridized carbons (Fsp3) is 0.480. The SMILES string of the molecule is Cc1c(C2CCN(CC(N)=O)CC2)sc2[nH]c(-c3cn4ncnc4c4c3COC4)c(C(C)C)c12. The summed E-state index contributed by atoms with van der Waals surface area (Å²) >= 11 is 1.90. The minimum absolute atomic E-state index is 0.242. The molecule has 8 nitrogen and oxygen atoms in total. The normalized spacial score (nSPS) is 17.4. The molecule has 6 rings (SSSR count). The molecule has 4 aromatic heterocycles. The van der Waals surface area contributed by atoms with Gasteiger partial charge >= 0.3 is 0 Å². The number of ether oxygens (including phenoxy) is 1. The third kappa shape index (κ3) is 3.37. The number of carbonyl (C=O) groups is 1. The third-order valence-corrected chi connectivity index (χ3v) is 8.79. The number of thiophene rings is 1. The lowest BCUT2D eigenvalue weighted by atomic mass is 9.90. The second kappa shape index (κ2) is 8.18. The molecule has 0 aliphatic carbocycles. The van der Waals surface area contributed by atoms with Crippen molar-refractivity contribution in [2.75, 3.05) is 19.6 Å². The zero-order valence-electron chi connectivity index (χ0n) is 19.9. The van der Waals surface area contributed by atoms with E-state index in [2.05, 4.69) is 46.9 Å².